The lowest BCUT2D eigenvalue weighted by molar-refractivity contribution is -0.123. The first kappa shape index (κ1) is 8.53. The van der Waals surface area contributed by atoms with Crippen LogP contribution in [0.25, 0.3) is 0 Å². The van der Waals surface area contributed by atoms with E-state index in [1.54, 1.807) is 0 Å². The van der Waals surface area contributed by atoms with Crippen molar-refractivity contribution in [1.82, 2.24) is 5.32 Å². The lowest BCUT2D eigenvalue weighted by Crippen LogP contribution is -2.46. The summed E-state index contributed by atoms with van der Waals surface area (Å²) in [6, 6.07) is 0.332. The summed E-state index contributed by atoms with van der Waals surface area (Å²) >= 11 is 0. The summed E-state index contributed by atoms with van der Waals surface area (Å²) in [5.74, 6) is 1.31. The molecular weight excluding hydrogens is 192 g/mol. The average molecular weight is 208 g/mol. The Morgan fingerprint density at radius 1 is 1.47 bits per heavy atom. The van der Waals surface area contributed by atoms with Crippen LogP contribution in [-0.2, 0) is 4.79 Å². The highest BCUT2D eigenvalue weighted by Gasteiger charge is 2.73. The van der Waals surface area contributed by atoms with Gasteiger partial charge in [0.05, 0.1) is 6.10 Å². The van der Waals surface area contributed by atoms with E-state index >= 15 is 0 Å². The van der Waals surface area contributed by atoms with Crippen LogP contribution in [0.4, 0.5) is 0 Å². The molecule has 3 aliphatic carbocycles. The van der Waals surface area contributed by atoms with Crippen LogP contribution in [0.3, 0.4) is 0 Å². The third-order valence-electron chi connectivity index (χ3n) is 5.49. The SMILES string of the molecule is N[C@@H]1[C@@H]2NC(=O)[C@@H]3C[C@H]1C1(CC(O)C1)[C@@H]23. The maximum Gasteiger partial charge on any atom is 0.223 e. The van der Waals surface area contributed by atoms with Gasteiger partial charge in [-0.25, -0.2) is 0 Å². The van der Waals surface area contributed by atoms with Gasteiger partial charge in [0.1, 0.15) is 0 Å². The van der Waals surface area contributed by atoms with Crippen LogP contribution in [0.1, 0.15) is 19.3 Å². The van der Waals surface area contributed by atoms with Gasteiger partial charge >= 0.3 is 0 Å². The van der Waals surface area contributed by atoms with E-state index in [0.29, 0.717) is 11.8 Å². The van der Waals surface area contributed by atoms with Crippen LogP contribution in [0.5, 0.6) is 0 Å². The van der Waals surface area contributed by atoms with Crippen LogP contribution in [0.2, 0.25) is 0 Å². The van der Waals surface area contributed by atoms with Crippen molar-refractivity contribution in [3.8, 4) is 0 Å². The van der Waals surface area contributed by atoms with Gasteiger partial charge in [-0.1, -0.05) is 0 Å². The molecule has 1 amide bonds. The first-order valence-corrected chi connectivity index (χ1v) is 5.87. The number of rotatable bonds is 0. The molecule has 5 atom stereocenters. The predicted octanol–water partition coefficient (Wildman–Crippen LogP) is -0.781. The molecule has 0 aromatic heterocycles. The number of amides is 1. The molecule has 4 rings (SSSR count). The Hall–Kier alpha value is -0.610. The molecule has 4 nitrogen and oxygen atoms in total. The minimum absolute atomic E-state index is 0.130. The van der Waals surface area contributed by atoms with Crippen LogP contribution in [-0.4, -0.2) is 29.2 Å². The third kappa shape index (κ3) is 0.712. The van der Waals surface area contributed by atoms with Crippen LogP contribution < -0.4 is 11.1 Å². The molecule has 0 aromatic rings. The number of carbonyl (C=O) groups excluding carboxylic acids is 1. The number of hydrogen-bond donors (Lipinski definition) is 3. The van der Waals surface area contributed by atoms with Crippen molar-refractivity contribution in [1.29, 1.82) is 0 Å². The highest BCUT2D eigenvalue weighted by atomic mass is 16.3. The number of carbonyl (C=O) groups is 1. The molecule has 0 radical (unpaired) electrons. The van der Waals surface area contributed by atoms with Crippen LogP contribution in [0, 0.1) is 23.2 Å². The van der Waals surface area contributed by atoms with E-state index in [4.69, 9.17) is 5.73 Å². The van der Waals surface area contributed by atoms with E-state index in [2.05, 4.69) is 5.32 Å². The Kier molecular flexibility index (Phi) is 1.27. The molecule has 1 saturated heterocycles. The van der Waals surface area contributed by atoms with E-state index in [1.165, 1.54) is 0 Å². The van der Waals surface area contributed by atoms with Crippen LogP contribution in [0.15, 0.2) is 0 Å². The lowest BCUT2D eigenvalue weighted by atomic mass is 9.59. The zero-order valence-corrected chi connectivity index (χ0v) is 8.52. The van der Waals surface area contributed by atoms with Gasteiger partial charge in [-0.2, -0.15) is 0 Å². The molecule has 0 aromatic carbocycles. The Labute approximate surface area is 88.2 Å². The summed E-state index contributed by atoms with van der Waals surface area (Å²) in [5, 5.41) is 12.6. The molecule has 4 heteroatoms. The van der Waals surface area contributed by atoms with Gasteiger partial charge in [0.15, 0.2) is 0 Å². The molecule has 4 N–H and O–H groups in total. The summed E-state index contributed by atoms with van der Waals surface area (Å²) in [4.78, 5) is 11.7. The quantitative estimate of drug-likeness (QED) is 0.489. The minimum atomic E-state index is -0.145. The molecular formula is C11H16N2O2. The average Bonchev–Trinajstić information content (AvgIpc) is 2.66. The van der Waals surface area contributed by atoms with E-state index in [0.717, 1.165) is 19.3 Å². The molecule has 1 aliphatic heterocycles. The topological polar surface area (TPSA) is 75.3 Å². The zero-order chi connectivity index (χ0) is 10.4. The van der Waals surface area contributed by atoms with Crippen molar-refractivity contribution in [2.45, 2.75) is 37.5 Å². The van der Waals surface area contributed by atoms with Crippen molar-refractivity contribution >= 4 is 5.91 Å². The summed E-state index contributed by atoms with van der Waals surface area (Å²) < 4.78 is 0. The largest absolute Gasteiger partial charge is 0.393 e. The molecule has 4 aliphatic rings. The van der Waals surface area contributed by atoms with Gasteiger partial charge in [0, 0.05) is 18.0 Å². The summed E-state index contributed by atoms with van der Waals surface area (Å²) in [7, 11) is 0. The molecule has 1 spiro atoms. The molecule has 2 bridgehead atoms. The number of hydrogen-bond acceptors (Lipinski definition) is 3. The Morgan fingerprint density at radius 2 is 2.20 bits per heavy atom. The maximum absolute atomic E-state index is 11.7. The Bertz CT molecular complexity index is 350. The molecule has 4 fully saturated rings. The normalized spacial score (nSPS) is 64.8. The van der Waals surface area contributed by atoms with E-state index in [-0.39, 0.29) is 35.4 Å². The maximum atomic E-state index is 11.7. The van der Waals surface area contributed by atoms with Gasteiger partial charge in [-0.15, -0.1) is 0 Å². The first-order valence-electron chi connectivity index (χ1n) is 5.87. The van der Waals surface area contributed by atoms with Crippen molar-refractivity contribution in [3.63, 3.8) is 0 Å². The molecule has 1 heterocycles. The van der Waals surface area contributed by atoms with Crippen molar-refractivity contribution in [2.24, 2.45) is 28.9 Å². The molecule has 15 heavy (non-hydrogen) atoms. The minimum Gasteiger partial charge on any atom is -0.393 e. The predicted molar refractivity (Wildman–Crippen MR) is 52.7 cm³/mol. The Morgan fingerprint density at radius 3 is 2.87 bits per heavy atom. The van der Waals surface area contributed by atoms with E-state index in [9.17, 15) is 9.90 Å². The van der Waals surface area contributed by atoms with Crippen molar-refractivity contribution in [2.75, 3.05) is 0 Å². The summed E-state index contributed by atoms with van der Waals surface area (Å²) in [6.07, 6.45) is 2.56. The van der Waals surface area contributed by atoms with Gasteiger partial charge in [0.2, 0.25) is 5.91 Å². The highest BCUT2D eigenvalue weighted by molar-refractivity contribution is 5.83. The monoisotopic (exact) mass is 208 g/mol. The fraction of sp³-hybridized carbons (Fsp3) is 0.909. The van der Waals surface area contributed by atoms with Crippen molar-refractivity contribution in [3.05, 3.63) is 0 Å². The summed E-state index contributed by atoms with van der Waals surface area (Å²) in [6.45, 7) is 0. The zero-order valence-electron chi connectivity index (χ0n) is 8.52. The molecule has 0 unspecified atom stereocenters. The first-order chi connectivity index (χ1) is 7.13. The molecule has 82 valence electrons. The van der Waals surface area contributed by atoms with E-state index < -0.39 is 0 Å². The number of aliphatic hydroxyl groups excluding tert-OH is 1. The number of nitrogens with two attached hydrogens (primary N) is 1. The van der Waals surface area contributed by atoms with E-state index in [1.807, 2.05) is 0 Å². The van der Waals surface area contributed by atoms with Crippen LogP contribution >= 0.6 is 0 Å². The van der Waals surface area contributed by atoms with Gasteiger partial charge in [-0.05, 0) is 36.5 Å². The third-order valence-corrected chi connectivity index (χ3v) is 5.49. The van der Waals surface area contributed by atoms with Gasteiger partial charge in [-0.3, -0.25) is 4.79 Å². The highest BCUT2D eigenvalue weighted by Crippen LogP contribution is 2.70. The fourth-order valence-corrected chi connectivity index (χ4v) is 5.06. The molecule has 3 saturated carbocycles. The second-order valence-electron chi connectivity index (χ2n) is 5.88. The second-order valence-corrected chi connectivity index (χ2v) is 5.88. The standard InChI is InChI=1S/C11H16N2O2/c12-8-6-1-5-7(9(8)13-10(5)15)11(6)2-4(14)3-11/h4-9,14H,1-3,12H2,(H,13,15)/t4?,5-,6-,7-,8+,9-,11?/m1/s1. The fourth-order valence-electron chi connectivity index (χ4n) is 5.06. The summed E-state index contributed by atoms with van der Waals surface area (Å²) in [5.41, 5.74) is 6.41. The Balaban J connectivity index is 1.79. The lowest BCUT2D eigenvalue weighted by Gasteiger charge is -2.47. The second kappa shape index (κ2) is 2.23. The number of aliphatic hydroxyl groups is 1. The van der Waals surface area contributed by atoms with Crippen molar-refractivity contribution < 1.29 is 9.90 Å². The number of nitrogens with one attached hydrogen (secondary N) is 1. The van der Waals surface area contributed by atoms with Gasteiger partial charge < -0.3 is 16.2 Å². The van der Waals surface area contributed by atoms with Gasteiger partial charge in [0.25, 0.3) is 0 Å². The smallest absolute Gasteiger partial charge is 0.223 e.